The molecule has 2 aromatic rings. The summed E-state index contributed by atoms with van der Waals surface area (Å²) in [5.74, 6) is 0.169. The second-order valence-electron chi connectivity index (χ2n) is 5.85. The fourth-order valence-electron chi connectivity index (χ4n) is 2.63. The Labute approximate surface area is 147 Å². The zero-order valence-corrected chi connectivity index (χ0v) is 14.6. The molecule has 7 heteroatoms. The van der Waals surface area contributed by atoms with Gasteiger partial charge in [-0.2, -0.15) is 0 Å². The van der Waals surface area contributed by atoms with Gasteiger partial charge in [-0.15, -0.1) is 0 Å². The third-order valence-electron chi connectivity index (χ3n) is 3.84. The lowest BCUT2D eigenvalue weighted by atomic mass is 10.1. The summed E-state index contributed by atoms with van der Waals surface area (Å²) in [6.45, 7) is 2.68. The molecule has 0 bridgehead atoms. The average molecular weight is 357 g/mol. The van der Waals surface area contributed by atoms with E-state index in [0.717, 1.165) is 11.1 Å². The molecule has 6 nitrogen and oxygen atoms in total. The normalized spacial score (nSPS) is 16.3. The summed E-state index contributed by atoms with van der Waals surface area (Å²) in [6.07, 6.45) is 0.194. The molecule has 25 heavy (non-hydrogen) atoms. The second kappa shape index (κ2) is 7.06. The number of hydrogen-bond acceptors (Lipinski definition) is 4. The van der Waals surface area contributed by atoms with E-state index >= 15 is 0 Å². The maximum absolute atomic E-state index is 12.0. The molecule has 0 atom stereocenters. The van der Waals surface area contributed by atoms with Crippen LogP contribution in [0.4, 0.5) is 0 Å². The van der Waals surface area contributed by atoms with Crippen LogP contribution in [0.25, 0.3) is 0 Å². The number of benzene rings is 2. The molecule has 2 N–H and O–H groups in total. The topological polar surface area (TPSA) is 87.6 Å². The van der Waals surface area contributed by atoms with Crippen molar-refractivity contribution in [1.82, 2.24) is 10.0 Å². The van der Waals surface area contributed by atoms with Crippen molar-refractivity contribution in [3.8, 4) is 0 Å². The van der Waals surface area contributed by atoms with Gasteiger partial charge in [0, 0.05) is 18.5 Å². The number of rotatable bonds is 5. The molecule has 0 unspecified atom stereocenters. The molecule has 130 valence electrons. The lowest BCUT2D eigenvalue weighted by molar-refractivity contribution is -0.121. The number of carbonyl (C=O) groups is 1. The Morgan fingerprint density at radius 3 is 2.76 bits per heavy atom. The molecule has 0 radical (unpaired) electrons. The molecule has 0 fully saturated rings. The Morgan fingerprint density at radius 2 is 1.96 bits per heavy atom. The zero-order valence-electron chi connectivity index (χ0n) is 13.8. The van der Waals surface area contributed by atoms with Crippen LogP contribution >= 0.6 is 0 Å². The summed E-state index contributed by atoms with van der Waals surface area (Å²) in [5, 5.41) is 2.84. The van der Waals surface area contributed by atoms with Gasteiger partial charge >= 0.3 is 0 Å². The summed E-state index contributed by atoms with van der Waals surface area (Å²) >= 11 is 0. The van der Waals surface area contributed by atoms with Crippen molar-refractivity contribution >= 4 is 21.8 Å². The number of carbonyl (C=O) groups excluding carboxylic acids is 1. The van der Waals surface area contributed by atoms with Gasteiger partial charge < -0.3 is 5.32 Å². The van der Waals surface area contributed by atoms with Crippen LogP contribution in [0.1, 0.15) is 23.1 Å². The van der Waals surface area contributed by atoms with Gasteiger partial charge in [0.1, 0.15) is 5.84 Å². The Kier molecular flexibility index (Phi) is 4.85. The Bertz CT molecular complexity index is 936. The van der Waals surface area contributed by atoms with Crippen LogP contribution in [-0.4, -0.2) is 26.7 Å². The summed E-state index contributed by atoms with van der Waals surface area (Å²) in [7, 11) is -3.54. The number of nitrogens with one attached hydrogen (secondary N) is 2. The SMILES string of the molecule is Cc1cccc(CNC(=O)CCN=C2NS(=O)(=O)c3ccccc32)c1. The van der Waals surface area contributed by atoms with Crippen molar-refractivity contribution < 1.29 is 13.2 Å². The van der Waals surface area contributed by atoms with E-state index in [4.69, 9.17) is 0 Å². The van der Waals surface area contributed by atoms with Crippen LogP contribution in [-0.2, 0) is 21.4 Å². The first-order valence-corrected chi connectivity index (χ1v) is 9.43. The fraction of sp³-hybridized carbons (Fsp3) is 0.222. The second-order valence-corrected chi connectivity index (χ2v) is 7.50. The summed E-state index contributed by atoms with van der Waals surface area (Å²) in [4.78, 5) is 16.4. The van der Waals surface area contributed by atoms with Crippen LogP contribution in [0.2, 0.25) is 0 Å². The van der Waals surface area contributed by atoms with E-state index in [-0.39, 0.29) is 23.8 Å². The Morgan fingerprint density at radius 1 is 1.16 bits per heavy atom. The third kappa shape index (κ3) is 4.06. The minimum Gasteiger partial charge on any atom is -0.352 e. The van der Waals surface area contributed by atoms with Crippen LogP contribution in [0.15, 0.2) is 58.4 Å². The van der Waals surface area contributed by atoms with Crippen LogP contribution in [0, 0.1) is 6.92 Å². The third-order valence-corrected chi connectivity index (χ3v) is 5.24. The van der Waals surface area contributed by atoms with Crippen molar-refractivity contribution in [2.75, 3.05) is 6.54 Å². The molecule has 1 aliphatic rings. The molecule has 0 saturated heterocycles. The molecule has 1 aliphatic heterocycles. The van der Waals surface area contributed by atoms with Gasteiger partial charge in [-0.3, -0.25) is 14.5 Å². The Balaban J connectivity index is 1.56. The summed E-state index contributed by atoms with van der Waals surface area (Å²) < 4.78 is 26.4. The van der Waals surface area contributed by atoms with Gasteiger partial charge in [-0.25, -0.2) is 8.42 Å². The molecule has 3 rings (SSSR count). The van der Waals surface area contributed by atoms with Gasteiger partial charge in [0.05, 0.1) is 11.4 Å². The number of nitrogens with zero attached hydrogens (tertiary/aromatic N) is 1. The molecule has 0 aromatic heterocycles. The minimum atomic E-state index is -3.54. The van der Waals surface area contributed by atoms with Crippen molar-refractivity contribution in [3.05, 3.63) is 65.2 Å². The fourth-order valence-corrected chi connectivity index (χ4v) is 3.88. The van der Waals surface area contributed by atoms with E-state index in [1.54, 1.807) is 18.2 Å². The molecule has 1 amide bonds. The van der Waals surface area contributed by atoms with E-state index < -0.39 is 10.0 Å². The van der Waals surface area contributed by atoms with E-state index in [0.29, 0.717) is 17.9 Å². The number of amidine groups is 1. The lowest BCUT2D eigenvalue weighted by Gasteiger charge is -2.05. The highest BCUT2D eigenvalue weighted by Crippen LogP contribution is 2.22. The van der Waals surface area contributed by atoms with Crippen molar-refractivity contribution in [2.24, 2.45) is 4.99 Å². The highest BCUT2D eigenvalue weighted by molar-refractivity contribution is 7.90. The maximum Gasteiger partial charge on any atom is 0.263 e. The monoisotopic (exact) mass is 357 g/mol. The van der Waals surface area contributed by atoms with Crippen LogP contribution < -0.4 is 10.0 Å². The van der Waals surface area contributed by atoms with E-state index in [1.807, 2.05) is 31.2 Å². The quantitative estimate of drug-likeness (QED) is 0.854. The molecule has 2 aromatic carbocycles. The van der Waals surface area contributed by atoms with Gasteiger partial charge in [0.25, 0.3) is 10.0 Å². The van der Waals surface area contributed by atoms with Gasteiger partial charge in [0.2, 0.25) is 5.91 Å². The van der Waals surface area contributed by atoms with Crippen LogP contribution in [0.3, 0.4) is 0 Å². The first kappa shape index (κ1) is 17.2. The highest BCUT2D eigenvalue weighted by Gasteiger charge is 2.29. The largest absolute Gasteiger partial charge is 0.352 e. The molecular weight excluding hydrogens is 338 g/mol. The van der Waals surface area contributed by atoms with Crippen molar-refractivity contribution in [3.63, 3.8) is 0 Å². The van der Waals surface area contributed by atoms with E-state index in [9.17, 15) is 13.2 Å². The average Bonchev–Trinajstić information content (AvgIpc) is 2.84. The van der Waals surface area contributed by atoms with Gasteiger partial charge in [0.15, 0.2) is 0 Å². The van der Waals surface area contributed by atoms with Crippen LogP contribution in [0.5, 0.6) is 0 Å². The first-order valence-electron chi connectivity index (χ1n) is 7.94. The Hall–Kier alpha value is -2.67. The number of fused-ring (bicyclic) bond motifs is 1. The number of hydrogen-bond donors (Lipinski definition) is 2. The lowest BCUT2D eigenvalue weighted by Crippen LogP contribution is -2.25. The van der Waals surface area contributed by atoms with Crippen molar-refractivity contribution in [1.29, 1.82) is 0 Å². The molecule has 1 heterocycles. The molecule has 0 saturated carbocycles. The zero-order chi connectivity index (χ0) is 17.9. The van der Waals surface area contributed by atoms with Gasteiger partial charge in [-0.1, -0.05) is 42.0 Å². The van der Waals surface area contributed by atoms with E-state index in [1.165, 1.54) is 6.07 Å². The standard InChI is InChI=1S/C18H19N3O3S/c1-13-5-4-6-14(11-13)12-20-17(22)9-10-19-18-15-7-2-3-8-16(15)25(23,24)21-18/h2-8,11H,9-10,12H2,1H3,(H,19,21)(H,20,22). The van der Waals surface area contributed by atoms with Crippen molar-refractivity contribution in [2.45, 2.75) is 24.8 Å². The predicted octanol–water partition coefficient (Wildman–Crippen LogP) is 1.74. The number of sulfonamides is 1. The number of amides is 1. The molecule has 0 spiro atoms. The smallest absolute Gasteiger partial charge is 0.263 e. The minimum absolute atomic E-state index is 0.125. The van der Waals surface area contributed by atoms with Gasteiger partial charge in [-0.05, 0) is 24.6 Å². The highest BCUT2D eigenvalue weighted by atomic mass is 32.2. The number of aliphatic imine (C=N–C) groups is 1. The summed E-state index contributed by atoms with van der Waals surface area (Å²) in [6, 6.07) is 14.6. The van der Waals surface area contributed by atoms with E-state index in [2.05, 4.69) is 15.0 Å². The number of aryl methyl sites for hydroxylation is 1. The summed E-state index contributed by atoms with van der Waals surface area (Å²) in [5.41, 5.74) is 2.73. The predicted molar refractivity (Wildman–Crippen MR) is 95.8 cm³/mol. The molecular formula is C18H19N3O3S. The molecule has 0 aliphatic carbocycles. The maximum atomic E-state index is 12.0. The first-order chi connectivity index (χ1) is 12.0.